The number of nitrogens with zero attached hydrogens (tertiary/aromatic N) is 2. The van der Waals surface area contributed by atoms with E-state index in [1.807, 2.05) is 6.92 Å². The molecule has 0 spiro atoms. The Morgan fingerprint density at radius 3 is 2.80 bits per heavy atom. The van der Waals surface area contributed by atoms with Gasteiger partial charge >= 0.3 is 67.8 Å². The Balaban J connectivity index is 3.07. The van der Waals surface area contributed by atoms with Crippen molar-refractivity contribution in [1.29, 1.82) is 0 Å². The van der Waals surface area contributed by atoms with E-state index in [2.05, 4.69) is 26.8 Å². The second kappa shape index (κ2) is 3.02. The Bertz CT molecular complexity index is 239. The zero-order chi connectivity index (χ0) is 7.56. The third-order valence-corrected chi connectivity index (χ3v) is 1.65. The number of ether oxygens (including phenoxy) is 1. The van der Waals surface area contributed by atoms with Crippen molar-refractivity contribution < 1.29 is 4.74 Å². The van der Waals surface area contributed by atoms with Crippen molar-refractivity contribution in [3.8, 4) is 5.88 Å². The van der Waals surface area contributed by atoms with Gasteiger partial charge in [-0.3, -0.25) is 0 Å². The molecule has 0 aliphatic rings. The number of methoxy groups -OCH3 is 1. The van der Waals surface area contributed by atoms with Crippen LogP contribution in [0.15, 0.2) is 6.20 Å². The topological polar surface area (TPSA) is 35.0 Å². The molecule has 1 aromatic heterocycles. The Morgan fingerprint density at radius 1 is 1.60 bits per heavy atom. The molecule has 0 unspecified atom stereocenters. The summed E-state index contributed by atoms with van der Waals surface area (Å²) in [6, 6.07) is 0. The summed E-state index contributed by atoms with van der Waals surface area (Å²) in [7, 11) is 1.58. The number of aryl methyl sites for hydroxylation is 1. The molecule has 0 amide bonds. The maximum absolute atomic E-state index is 4.91. The predicted molar refractivity (Wildman–Crippen MR) is 38.7 cm³/mol. The van der Waals surface area contributed by atoms with E-state index in [-0.39, 0.29) is 0 Å². The zero-order valence-corrected chi connectivity index (χ0v) is 7.70. The molecule has 52 valence electrons. The number of aromatic nitrogens is 2. The van der Waals surface area contributed by atoms with Crippen LogP contribution < -0.4 is 9.22 Å². The van der Waals surface area contributed by atoms with E-state index >= 15 is 0 Å². The molecule has 10 heavy (non-hydrogen) atoms. The second-order valence-electron chi connectivity index (χ2n) is 1.84. The molecule has 0 fully saturated rings. The van der Waals surface area contributed by atoms with E-state index in [9.17, 15) is 0 Å². The van der Waals surface area contributed by atoms with Crippen LogP contribution in [0.5, 0.6) is 5.88 Å². The molecular formula is C6H7AsN2O. The van der Waals surface area contributed by atoms with Crippen molar-refractivity contribution >= 4 is 21.3 Å². The van der Waals surface area contributed by atoms with Crippen LogP contribution in [0.3, 0.4) is 0 Å². The normalized spacial score (nSPS) is 9.50. The van der Waals surface area contributed by atoms with Gasteiger partial charge in [0.2, 0.25) is 0 Å². The fraction of sp³-hybridized carbons (Fsp3) is 0.333. The summed E-state index contributed by atoms with van der Waals surface area (Å²) in [5.41, 5.74) is 0.899. The van der Waals surface area contributed by atoms with Gasteiger partial charge in [0.05, 0.1) is 0 Å². The van der Waals surface area contributed by atoms with Crippen LogP contribution in [-0.4, -0.2) is 33.9 Å². The Kier molecular flexibility index (Phi) is 2.28. The van der Waals surface area contributed by atoms with Gasteiger partial charge in [-0.1, -0.05) is 0 Å². The maximum atomic E-state index is 4.91. The molecule has 4 heteroatoms. The van der Waals surface area contributed by atoms with Gasteiger partial charge < -0.3 is 0 Å². The Morgan fingerprint density at radius 2 is 2.30 bits per heavy atom. The summed E-state index contributed by atoms with van der Waals surface area (Å²) in [6.07, 6.45) is 1.68. The fourth-order valence-corrected chi connectivity index (χ4v) is 1.24. The molecule has 1 heterocycles. The van der Waals surface area contributed by atoms with Gasteiger partial charge in [0, 0.05) is 0 Å². The van der Waals surface area contributed by atoms with Crippen LogP contribution in [-0.2, 0) is 0 Å². The molecule has 0 saturated heterocycles. The second-order valence-corrected chi connectivity index (χ2v) is 2.73. The summed E-state index contributed by atoms with van der Waals surface area (Å²) in [5.74, 6) is 0.575. The predicted octanol–water partition coefficient (Wildman–Crippen LogP) is -0.413. The molecule has 1 aromatic rings. The summed E-state index contributed by atoms with van der Waals surface area (Å²) in [5, 5.41) is 0. The molecule has 0 N–H and O–H groups in total. The quantitative estimate of drug-likeness (QED) is 0.575. The van der Waals surface area contributed by atoms with E-state index < -0.39 is 0 Å². The average molecular weight is 198 g/mol. The molecule has 0 aromatic carbocycles. The van der Waals surface area contributed by atoms with Gasteiger partial charge in [-0.25, -0.2) is 0 Å². The molecule has 0 aliphatic carbocycles. The van der Waals surface area contributed by atoms with Crippen molar-refractivity contribution in [2.24, 2.45) is 0 Å². The average Bonchev–Trinajstić information content (AvgIpc) is 1.88. The van der Waals surface area contributed by atoms with Gasteiger partial charge in [0.1, 0.15) is 0 Å². The molecule has 0 bridgehead atoms. The third kappa shape index (κ3) is 1.48. The van der Waals surface area contributed by atoms with Crippen LogP contribution in [0.25, 0.3) is 0 Å². The summed E-state index contributed by atoms with van der Waals surface area (Å²) < 4.78 is 5.68. The van der Waals surface area contributed by atoms with Crippen LogP contribution in [0.2, 0.25) is 0 Å². The summed E-state index contributed by atoms with van der Waals surface area (Å²) in [6.45, 7) is 1.89. The fourth-order valence-electron chi connectivity index (χ4n) is 0.598. The van der Waals surface area contributed by atoms with Gasteiger partial charge in [-0.15, -0.1) is 0 Å². The van der Waals surface area contributed by atoms with E-state index in [0.29, 0.717) is 5.88 Å². The molecular weight excluding hydrogens is 191 g/mol. The third-order valence-electron chi connectivity index (χ3n) is 1.04. The summed E-state index contributed by atoms with van der Waals surface area (Å²) >= 11 is 2.32. The first kappa shape index (κ1) is 7.54. The van der Waals surface area contributed by atoms with Crippen LogP contribution in [0, 0.1) is 6.92 Å². The molecule has 1 rings (SSSR count). The van der Waals surface area contributed by atoms with Crippen LogP contribution in [0.1, 0.15) is 5.69 Å². The molecule has 0 aliphatic heterocycles. The van der Waals surface area contributed by atoms with E-state index in [1.54, 1.807) is 13.3 Å². The summed E-state index contributed by atoms with van der Waals surface area (Å²) in [4.78, 5) is 8.13. The van der Waals surface area contributed by atoms with Gasteiger partial charge in [-0.05, 0) is 0 Å². The zero-order valence-electron chi connectivity index (χ0n) is 5.83. The molecule has 0 saturated carbocycles. The van der Waals surface area contributed by atoms with Gasteiger partial charge in [0.15, 0.2) is 0 Å². The standard InChI is InChI=1S/C6H7AsN2O/c1-4-3-8-6(10-2)5(7)9-4/h3H,1-2H3. The number of hydrogen-bond donors (Lipinski definition) is 0. The Hall–Kier alpha value is -0.562. The van der Waals surface area contributed by atoms with Crippen molar-refractivity contribution in [3.05, 3.63) is 11.9 Å². The molecule has 0 atom stereocenters. The molecule has 2 radical (unpaired) electrons. The van der Waals surface area contributed by atoms with Gasteiger partial charge in [0.25, 0.3) is 0 Å². The monoisotopic (exact) mass is 198 g/mol. The first-order valence-corrected chi connectivity index (χ1v) is 3.74. The minimum absolute atomic E-state index is 0.575. The first-order chi connectivity index (χ1) is 4.74. The molecule has 3 nitrogen and oxygen atoms in total. The van der Waals surface area contributed by atoms with Crippen LogP contribution in [0.4, 0.5) is 0 Å². The van der Waals surface area contributed by atoms with E-state index in [4.69, 9.17) is 4.74 Å². The number of rotatable bonds is 1. The van der Waals surface area contributed by atoms with E-state index in [0.717, 1.165) is 10.2 Å². The SMILES string of the molecule is COc1ncc(C)nc1[As]. The van der Waals surface area contributed by atoms with Crippen molar-refractivity contribution in [3.63, 3.8) is 0 Å². The van der Waals surface area contributed by atoms with Crippen molar-refractivity contribution in [1.82, 2.24) is 9.97 Å². The Labute approximate surface area is 68.3 Å². The van der Waals surface area contributed by atoms with Crippen molar-refractivity contribution in [2.45, 2.75) is 6.92 Å². The van der Waals surface area contributed by atoms with Gasteiger partial charge in [-0.2, -0.15) is 0 Å². The minimum atomic E-state index is 0.575. The first-order valence-electron chi connectivity index (χ1n) is 2.80. The van der Waals surface area contributed by atoms with Crippen LogP contribution >= 0.6 is 0 Å². The van der Waals surface area contributed by atoms with E-state index in [1.165, 1.54) is 0 Å². The number of hydrogen-bond acceptors (Lipinski definition) is 3. The van der Waals surface area contributed by atoms with Crippen molar-refractivity contribution in [2.75, 3.05) is 7.11 Å².